The van der Waals surface area contributed by atoms with Crippen molar-refractivity contribution in [2.24, 2.45) is 16.5 Å². The fraction of sp³-hybridized carbons (Fsp3) is 0.348. The molecule has 6 N–H and O–H groups in total. The summed E-state index contributed by atoms with van der Waals surface area (Å²) in [6.07, 6.45) is 2.20. The van der Waals surface area contributed by atoms with Gasteiger partial charge in [-0.05, 0) is 79.1 Å². The minimum atomic E-state index is -0.789. The van der Waals surface area contributed by atoms with E-state index < -0.39 is 5.97 Å². The van der Waals surface area contributed by atoms with Crippen molar-refractivity contribution >= 4 is 23.5 Å². The second-order valence-corrected chi connectivity index (χ2v) is 7.27. The number of carbonyl (C=O) groups is 2. The van der Waals surface area contributed by atoms with Gasteiger partial charge < -0.3 is 21.9 Å². The van der Waals surface area contributed by atoms with Crippen LogP contribution in [0.1, 0.15) is 51.5 Å². The third-order valence-electron chi connectivity index (χ3n) is 5.15. The highest BCUT2D eigenvalue weighted by molar-refractivity contribution is 5.95. The van der Waals surface area contributed by atoms with E-state index >= 15 is 0 Å². The molecule has 0 fully saturated rings. The number of nitrogens with two attached hydrogens (primary N) is 2. The minimum Gasteiger partial charge on any atom is -0.481 e. The lowest BCUT2D eigenvalue weighted by Gasteiger charge is -2.18. The summed E-state index contributed by atoms with van der Waals surface area (Å²) in [6.45, 7) is 6.68. The van der Waals surface area contributed by atoms with Crippen molar-refractivity contribution < 1.29 is 14.7 Å². The smallest absolute Gasteiger partial charge is 0.303 e. The Morgan fingerprint density at radius 3 is 2.47 bits per heavy atom. The van der Waals surface area contributed by atoms with E-state index in [1.54, 1.807) is 24.3 Å². The number of carboxylic acids is 1. The van der Waals surface area contributed by atoms with E-state index in [2.05, 4.69) is 30.2 Å². The number of benzene rings is 2. The van der Waals surface area contributed by atoms with Crippen LogP contribution in [0.5, 0.6) is 0 Å². The maximum absolute atomic E-state index is 12.5. The van der Waals surface area contributed by atoms with Gasteiger partial charge >= 0.3 is 5.97 Å². The molecular weight excluding hydrogens is 380 g/mol. The third-order valence-corrected chi connectivity index (χ3v) is 5.15. The molecule has 0 heterocycles. The Morgan fingerprint density at radius 2 is 1.83 bits per heavy atom. The number of hydrogen-bond acceptors (Lipinski definition) is 3. The van der Waals surface area contributed by atoms with Gasteiger partial charge in [0.05, 0.1) is 5.69 Å². The fourth-order valence-corrected chi connectivity index (χ4v) is 3.76. The van der Waals surface area contributed by atoms with E-state index in [-0.39, 0.29) is 18.3 Å². The van der Waals surface area contributed by atoms with Crippen molar-refractivity contribution in [3.63, 3.8) is 0 Å². The summed E-state index contributed by atoms with van der Waals surface area (Å²) in [5.74, 6) is -1.04. The predicted octanol–water partition coefficient (Wildman–Crippen LogP) is 2.76. The first-order valence-electron chi connectivity index (χ1n) is 10.0. The molecule has 0 radical (unpaired) electrons. The number of nitrogens with one attached hydrogen (secondary N) is 1. The number of carbonyl (C=O) groups excluding carboxylic acids is 1. The summed E-state index contributed by atoms with van der Waals surface area (Å²) in [7, 11) is 0. The first-order chi connectivity index (χ1) is 14.2. The molecule has 0 saturated heterocycles. The molecule has 7 nitrogen and oxygen atoms in total. The monoisotopic (exact) mass is 410 g/mol. The highest BCUT2D eigenvalue weighted by Crippen LogP contribution is 2.25. The molecule has 0 aliphatic rings. The summed E-state index contributed by atoms with van der Waals surface area (Å²) in [5, 5.41) is 11.9. The largest absolute Gasteiger partial charge is 0.481 e. The van der Waals surface area contributed by atoms with Crippen molar-refractivity contribution in [1.82, 2.24) is 5.32 Å². The lowest BCUT2D eigenvalue weighted by molar-refractivity contribution is -0.136. The second kappa shape index (κ2) is 10.4. The molecule has 1 amide bonds. The van der Waals surface area contributed by atoms with Gasteiger partial charge in [0, 0.05) is 18.5 Å². The number of rotatable bonds is 9. The molecule has 0 spiro atoms. The molecule has 160 valence electrons. The van der Waals surface area contributed by atoms with E-state index in [4.69, 9.17) is 16.6 Å². The number of guanidine groups is 1. The molecule has 0 aromatic heterocycles. The number of nitrogens with zero attached hydrogens (tertiary/aromatic N) is 1. The molecular formula is C23H30N4O3. The zero-order valence-electron chi connectivity index (χ0n) is 17.8. The summed E-state index contributed by atoms with van der Waals surface area (Å²) < 4.78 is 0. The molecule has 0 bridgehead atoms. The number of aliphatic carboxylic acids is 1. The van der Waals surface area contributed by atoms with Crippen LogP contribution in [-0.4, -0.2) is 29.5 Å². The molecule has 30 heavy (non-hydrogen) atoms. The van der Waals surface area contributed by atoms with Crippen LogP contribution in [0.25, 0.3) is 0 Å². The first-order valence-corrected chi connectivity index (χ1v) is 10.0. The predicted molar refractivity (Wildman–Crippen MR) is 119 cm³/mol. The van der Waals surface area contributed by atoms with Gasteiger partial charge in [0.1, 0.15) is 0 Å². The van der Waals surface area contributed by atoms with Crippen molar-refractivity contribution in [2.45, 2.75) is 46.5 Å². The van der Waals surface area contributed by atoms with Crippen LogP contribution < -0.4 is 16.8 Å². The molecule has 2 aromatic carbocycles. The van der Waals surface area contributed by atoms with Crippen molar-refractivity contribution in [3.8, 4) is 0 Å². The molecule has 0 aliphatic carbocycles. The number of hydrogen-bond donors (Lipinski definition) is 4. The van der Waals surface area contributed by atoms with Gasteiger partial charge in [-0.2, -0.15) is 0 Å². The zero-order chi connectivity index (χ0) is 22.3. The highest BCUT2D eigenvalue weighted by Gasteiger charge is 2.14. The van der Waals surface area contributed by atoms with Crippen LogP contribution >= 0.6 is 0 Å². The molecule has 7 heteroatoms. The lowest BCUT2D eigenvalue weighted by Crippen LogP contribution is -2.26. The number of amides is 1. The Bertz CT molecular complexity index is 963. The average Bonchev–Trinajstić information content (AvgIpc) is 2.68. The molecule has 0 unspecified atom stereocenters. The molecule has 2 rings (SSSR count). The Labute approximate surface area is 177 Å². The van der Waals surface area contributed by atoms with Crippen LogP contribution in [-0.2, 0) is 24.1 Å². The normalized spacial score (nSPS) is 10.5. The Balaban J connectivity index is 2.09. The second-order valence-electron chi connectivity index (χ2n) is 7.27. The van der Waals surface area contributed by atoms with Gasteiger partial charge in [0.15, 0.2) is 5.96 Å². The first kappa shape index (κ1) is 22.9. The molecule has 2 aromatic rings. The van der Waals surface area contributed by atoms with Gasteiger partial charge in [-0.25, -0.2) is 4.99 Å². The number of aliphatic imine (C=N–C) groups is 1. The third kappa shape index (κ3) is 6.07. The van der Waals surface area contributed by atoms with E-state index in [0.29, 0.717) is 30.6 Å². The summed E-state index contributed by atoms with van der Waals surface area (Å²) in [6, 6.07) is 8.89. The van der Waals surface area contributed by atoms with Crippen LogP contribution in [0.15, 0.2) is 35.3 Å². The summed E-state index contributed by atoms with van der Waals surface area (Å²) in [5.41, 5.74) is 17.6. The van der Waals surface area contributed by atoms with Crippen LogP contribution in [0.3, 0.4) is 0 Å². The number of aryl methyl sites for hydroxylation is 2. The Hall–Kier alpha value is -3.35. The van der Waals surface area contributed by atoms with E-state index in [0.717, 1.165) is 17.5 Å². The summed E-state index contributed by atoms with van der Waals surface area (Å²) >= 11 is 0. The topological polar surface area (TPSA) is 131 Å². The van der Waals surface area contributed by atoms with Crippen LogP contribution in [0.2, 0.25) is 0 Å². The van der Waals surface area contributed by atoms with Crippen molar-refractivity contribution in [2.75, 3.05) is 6.54 Å². The van der Waals surface area contributed by atoms with Crippen molar-refractivity contribution in [1.29, 1.82) is 0 Å². The van der Waals surface area contributed by atoms with Gasteiger partial charge in [-0.3, -0.25) is 9.59 Å². The quantitative estimate of drug-likeness (QED) is 0.373. The summed E-state index contributed by atoms with van der Waals surface area (Å²) in [4.78, 5) is 27.4. The lowest BCUT2D eigenvalue weighted by atomic mass is 9.88. The maximum Gasteiger partial charge on any atom is 0.303 e. The molecule has 0 atom stereocenters. The van der Waals surface area contributed by atoms with Crippen LogP contribution in [0.4, 0.5) is 5.69 Å². The van der Waals surface area contributed by atoms with Gasteiger partial charge in [-0.15, -0.1) is 0 Å². The molecule has 0 aliphatic heterocycles. The van der Waals surface area contributed by atoms with Crippen LogP contribution in [0, 0.1) is 13.8 Å². The zero-order valence-corrected chi connectivity index (χ0v) is 17.8. The number of carboxylic acid groups (broad SMARTS) is 1. The van der Waals surface area contributed by atoms with E-state index in [9.17, 15) is 9.59 Å². The van der Waals surface area contributed by atoms with Gasteiger partial charge in [0.25, 0.3) is 5.91 Å². The Kier molecular flexibility index (Phi) is 7.98. The standard InChI is InChI=1S/C23H30N4O3/c1-4-19-15(3)20(14(2)12-16(19)8-9-21(28)29)10-11-26-22(30)17-6-5-7-18(13-17)27-23(24)25/h5-7,12-13H,4,8-11H2,1-3H3,(H,26,30)(H,28,29)(H4,24,25,27). The average molecular weight is 411 g/mol. The van der Waals surface area contributed by atoms with Gasteiger partial charge in [0.2, 0.25) is 0 Å². The highest BCUT2D eigenvalue weighted by atomic mass is 16.4. The fourth-order valence-electron chi connectivity index (χ4n) is 3.76. The van der Waals surface area contributed by atoms with Crippen molar-refractivity contribution in [3.05, 3.63) is 63.7 Å². The maximum atomic E-state index is 12.5. The van der Waals surface area contributed by atoms with Gasteiger partial charge in [-0.1, -0.05) is 19.1 Å². The minimum absolute atomic E-state index is 0.0583. The Morgan fingerprint density at radius 1 is 1.10 bits per heavy atom. The molecule has 0 saturated carbocycles. The van der Waals surface area contributed by atoms with E-state index in [1.807, 2.05) is 6.92 Å². The SMILES string of the molecule is CCc1c(CCC(=O)O)cc(C)c(CCNC(=O)c2cccc(N=C(N)N)c2)c1C. The van der Waals surface area contributed by atoms with E-state index in [1.165, 1.54) is 16.7 Å².